The lowest BCUT2D eigenvalue weighted by Crippen LogP contribution is -2.35. The highest BCUT2D eigenvalue weighted by atomic mass is 35.6. The molecule has 2 N–H and O–H groups in total. The van der Waals surface area contributed by atoms with Crippen LogP contribution in [0, 0.1) is 0 Å². The Kier molecular flexibility index (Phi) is 4.98. The molecule has 0 spiro atoms. The second kappa shape index (κ2) is 4.99. The summed E-state index contributed by atoms with van der Waals surface area (Å²) in [5, 5.41) is 0. The first-order valence-corrected chi connectivity index (χ1v) is 4.29. The molecule has 0 saturated carbocycles. The van der Waals surface area contributed by atoms with Crippen LogP contribution in [0.1, 0.15) is 0 Å². The maximum Gasteiger partial charge on any atom is 0.428 e. The van der Waals surface area contributed by atoms with Crippen LogP contribution in [-0.2, 0) is 4.74 Å². The van der Waals surface area contributed by atoms with Crippen LogP contribution in [0.3, 0.4) is 0 Å². The first-order valence-electron chi connectivity index (χ1n) is 2.76. The van der Waals surface area contributed by atoms with Gasteiger partial charge in [-0.15, -0.1) is 0 Å². The fourth-order valence-corrected chi connectivity index (χ4v) is 0.516. The van der Waals surface area contributed by atoms with E-state index in [2.05, 4.69) is 23.3 Å². The van der Waals surface area contributed by atoms with Gasteiger partial charge in [0.05, 0.1) is 0 Å². The molecule has 5 nitrogen and oxygen atoms in total. The molecule has 0 bridgehead atoms. The van der Waals surface area contributed by atoms with E-state index >= 15 is 0 Å². The molecule has 0 aliphatic rings. The van der Waals surface area contributed by atoms with Gasteiger partial charge in [-0.25, -0.2) is 9.59 Å². The minimum absolute atomic E-state index is 0.246. The van der Waals surface area contributed by atoms with Crippen LogP contribution in [0.5, 0.6) is 0 Å². The van der Waals surface area contributed by atoms with Crippen LogP contribution in [0.2, 0.25) is 0 Å². The SMILES string of the molecule is NC(=O)N(S)C(=O)OCC(Cl)(Cl)Cl. The molecule has 0 unspecified atom stereocenters. The lowest BCUT2D eigenvalue weighted by atomic mass is 10.8. The molecule has 0 atom stereocenters. The number of imide groups is 1. The molecule has 0 aromatic carbocycles. The van der Waals surface area contributed by atoms with Gasteiger partial charge >= 0.3 is 12.1 Å². The Labute approximate surface area is 94.6 Å². The van der Waals surface area contributed by atoms with E-state index in [-0.39, 0.29) is 4.31 Å². The van der Waals surface area contributed by atoms with Crippen molar-refractivity contribution in [2.24, 2.45) is 5.73 Å². The second-order valence-electron chi connectivity index (χ2n) is 1.82. The van der Waals surface area contributed by atoms with Gasteiger partial charge in [-0.3, -0.25) is 0 Å². The van der Waals surface area contributed by atoms with Gasteiger partial charge in [0.2, 0.25) is 3.79 Å². The zero-order chi connectivity index (χ0) is 10.6. The summed E-state index contributed by atoms with van der Waals surface area (Å²) in [4.78, 5) is 21.1. The lowest BCUT2D eigenvalue weighted by Gasteiger charge is -2.14. The first kappa shape index (κ1) is 13.0. The predicted molar refractivity (Wildman–Crippen MR) is 52.0 cm³/mol. The Morgan fingerprint density at radius 2 is 1.92 bits per heavy atom. The smallest absolute Gasteiger partial charge is 0.428 e. The van der Waals surface area contributed by atoms with Crippen molar-refractivity contribution in [3.63, 3.8) is 0 Å². The molecule has 0 rings (SSSR count). The van der Waals surface area contributed by atoms with Crippen molar-refractivity contribution in [2.75, 3.05) is 6.61 Å². The number of thiol groups is 1. The second-order valence-corrected chi connectivity index (χ2v) is 4.74. The predicted octanol–water partition coefficient (Wildman–Crippen LogP) is 1.72. The van der Waals surface area contributed by atoms with E-state index in [1.807, 2.05) is 0 Å². The number of urea groups is 1. The number of rotatable bonds is 1. The Morgan fingerprint density at radius 1 is 1.46 bits per heavy atom. The monoisotopic (exact) mass is 266 g/mol. The summed E-state index contributed by atoms with van der Waals surface area (Å²) < 4.78 is 2.86. The van der Waals surface area contributed by atoms with Crippen LogP contribution in [-0.4, -0.2) is 26.8 Å². The summed E-state index contributed by atoms with van der Waals surface area (Å²) in [7, 11) is 0. The molecule has 0 saturated heterocycles. The van der Waals surface area contributed by atoms with E-state index in [0.717, 1.165) is 0 Å². The lowest BCUT2D eigenvalue weighted by molar-refractivity contribution is 0.134. The van der Waals surface area contributed by atoms with Gasteiger partial charge in [-0.05, 0) is 0 Å². The minimum Gasteiger partial charge on any atom is -0.444 e. The van der Waals surface area contributed by atoms with Crippen molar-refractivity contribution in [3.8, 4) is 0 Å². The number of halogens is 3. The van der Waals surface area contributed by atoms with E-state index in [1.165, 1.54) is 0 Å². The molecule has 9 heteroatoms. The standard InChI is InChI=1S/C4H5Cl3N2O3S/c5-4(6,7)1-12-3(11)9(13)2(8)10/h13H,1H2,(H2,8,10). The Balaban J connectivity index is 3.96. The van der Waals surface area contributed by atoms with E-state index < -0.39 is 22.5 Å². The molecule has 0 aliphatic heterocycles. The molecule has 0 radical (unpaired) electrons. The van der Waals surface area contributed by atoms with E-state index in [4.69, 9.17) is 34.8 Å². The number of alkyl halides is 3. The Bertz CT molecular complexity index is 219. The first-order chi connectivity index (χ1) is 5.74. The third kappa shape index (κ3) is 6.09. The normalized spacial score (nSPS) is 10.8. The summed E-state index contributed by atoms with van der Waals surface area (Å²) >= 11 is 19.2. The zero-order valence-corrected chi connectivity index (χ0v) is 9.20. The van der Waals surface area contributed by atoms with Crippen LogP contribution in [0.15, 0.2) is 0 Å². The molecule has 76 valence electrons. The highest BCUT2D eigenvalue weighted by Gasteiger charge is 2.25. The molecule has 0 heterocycles. The van der Waals surface area contributed by atoms with Crippen molar-refractivity contribution in [2.45, 2.75) is 3.79 Å². The van der Waals surface area contributed by atoms with Crippen LogP contribution in [0.4, 0.5) is 9.59 Å². The van der Waals surface area contributed by atoms with Crippen molar-refractivity contribution >= 4 is 59.7 Å². The average molecular weight is 268 g/mol. The van der Waals surface area contributed by atoms with Gasteiger partial charge in [-0.1, -0.05) is 47.6 Å². The maximum atomic E-state index is 10.8. The largest absolute Gasteiger partial charge is 0.444 e. The zero-order valence-electron chi connectivity index (χ0n) is 6.04. The van der Waals surface area contributed by atoms with Crippen molar-refractivity contribution < 1.29 is 14.3 Å². The highest BCUT2D eigenvalue weighted by molar-refractivity contribution is 7.79. The fraction of sp³-hybridized carbons (Fsp3) is 0.500. The molecule has 13 heavy (non-hydrogen) atoms. The van der Waals surface area contributed by atoms with Crippen LogP contribution < -0.4 is 5.73 Å². The quantitative estimate of drug-likeness (QED) is 0.561. The fourth-order valence-electron chi connectivity index (χ4n) is 0.295. The van der Waals surface area contributed by atoms with Crippen molar-refractivity contribution in [3.05, 3.63) is 0 Å². The van der Waals surface area contributed by atoms with Crippen LogP contribution >= 0.6 is 47.6 Å². The number of hydrogen-bond acceptors (Lipinski definition) is 4. The van der Waals surface area contributed by atoms with Gasteiger partial charge in [0.25, 0.3) is 0 Å². The topological polar surface area (TPSA) is 72.6 Å². The average Bonchev–Trinajstić information content (AvgIpc) is 1.97. The summed E-state index contributed by atoms with van der Waals surface area (Å²) in [6.07, 6.45) is -1.11. The number of ether oxygens (including phenoxy) is 1. The maximum absolute atomic E-state index is 10.8. The van der Waals surface area contributed by atoms with E-state index in [0.29, 0.717) is 0 Å². The van der Waals surface area contributed by atoms with Gasteiger partial charge in [0, 0.05) is 0 Å². The Morgan fingerprint density at radius 3 is 2.23 bits per heavy atom. The Hall–Kier alpha value is -0.0400. The number of carbonyl (C=O) groups excluding carboxylic acids is 2. The molecular formula is C4H5Cl3N2O3S. The van der Waals surface area contributed by atoms with Crippen molar-refractivity contribution in [1.29, 1.82) is 0 Å². The third-order valence-corrected chi connectivity index (χ3v) is 1.43. The van der Waals surface area contributed by atoms with E-state index in [9.17, 15) is 9.59 Å². The number of nitrogens with zero attached hydrogens (tertiary/aromatic N) is 1. The van der Waals surface area contributed by atoms with Gasteiger partial charge in [-0.2, -0.15) is 4.31 Å². The molecule has 0 aromatic rings. The van der Waals surface area contributed by atoms with Gasteiger partial charge in [0.15, 0.2) is 0 Å². The summed E-state index contributed by atoms with van der Waals surface area (Å²) in [5.41, 5.74) is 4.69. The number of nitrogens with two attached hydrogens (primary N) is 1. The summed E-state index contributed by atoms with van der Waals surface area (Å²) in [5.74, 6) is 0. The summed E-state index contributed by atoms with van der Waals surface area (Å²) in [6, 6.07) is -1.09. The number of carbonyl (C=O) groups is 2. The highest BCUT2D eigenvalue weighted by Crippen LogP contribution is 2.26. The molecular weight excluding hydrogens is 262 g/mol. The third-order valence-electron chi connectivity index (χ3n) is 0.741. The molecule has 0 aliphatic carbocycles. The minimum atomic E-state index is -1.73. The number of amides is 3. The van der Waals surface area contributed by atoms with Gasteiger partial charge in [0.1, 0.15) is 6.61 Å². The van der Waals surface area contributed by atoms with Crippen molar-refractivity contribution in [1.82, 2.24) is 4.31 Å². The molecule has 3 amide bonds. The molecule has 0 aromatic heterocycles. The number of hydrogen-bond donors (Lipinski definition) is 2. The molecule has 0 fully saturated rings. The van der Waals surface area contributed by atoms with Crippen LogP contribution in [0.25, 0.3) is 0 Å². The van der Waals surface area contributed by atoms with E-state index in [1.54, 1.807) is 0 Å². The van der Waals surface area contributed by atoms with Gasteiger partial charge < -0.3 is 10.5 Å². The summed E-state index contributed by atoms with van der Waals surface area (Å²) in [6.45, 7) is -0.499. The number of primary amides is 1.